The van der Waals surface area contributed by atoms with Crippen molar-refractivity contribution in [1.82, 2.24) is 0 Å². The van der Waals surface area contributed by atoms with E-state index in [1.54, 1.807) is 0 Å². The molecule has 0 amide bonds. The second-order valence-electron chi connectivity index (χ2n) is 2.09. The van der Waals surface area contributed by atoms with Gasteiger partial charge >= 0.3 is 6.16 Å². The molecule has 2 unspecified atom stereocenters. The summed E-state index contributed by atoms with van der Waals surface area (Å²) in [5.74, 6) is -0.545. The first-order chi connectivity index (χ1) is 5.82. The molecule has 0 spiro atoms. The van der Waals surface area contributed by atoms with Crippen LogP contribution in [0.4, 0.5) is 4.79 Å². The first-order valence-corrected chi connectivity index (χ1v) is 3.22. The lowest BCUT2D eigenvalue weighted by Crippen LogP contribution is -2.34. The zero-order valence-electron chi connectivity index (χ0n) is 6.91. The molecule has 0 heterocycles. The Morgan fingerprint density at radius 2 is 1.54 bits per heavy atom. The van der Waals surface area contributed by atoms with Gasteiger partial charge in [0.2, 0.25) is 0 Å². The zero-order chi connectivity index (χ0) is 11.0. The van der Waals surface area contributed by atoms with E-state index >= 15 is 0 Å². The van der Waals surface area contributed by atoms with Crippen LogP contribution in [-0.4, -0.2) is 56.3 Å². The average Bonchev–Trinajstić information content (AvgIpc) is 2.00. The molecule has 0 saturated carbocycles. The van der Waals surface area contributed by atoms with Crippen LogP contribution in [0.3, 0.4) is 0 Å². The second kappa shape index (κ2) is 7.47. The Balaban J connectivity index is 0. The van der Waals surface area contributed by atoms with Crippen molar-refractivity contribution in [2.75, 3.05) is 6.61 Å². The summed E-state index contributed by atoms with van der Waals surface area (Å²) in [6.45, 7) is 0.546. The Kier molecular flexibility index (Phi) is 8.24. The normalized spacial score (nSPS) is 13.5. The van der Waals surface area contributed by atoms with Crippen molar-refractivity contribution in [2.24, 2.45) is 0 Å². The first-order valence-electron chi connectivity index (χ1n) is 3.22. The molecule has 0 aliphatic carbocycles. The number of Topliss-reactive ketones (excluding diaryl/α,β-unsaturated/α-hetero) is 1. The molecule has 0 aliphatic rings. The highest BCUT2D eigenvalue weighted by atomic mass is 16.6. The molecule has 2 atom stereocenters. The minimum absolute atomic E-state index is 0.545. The van der Waals surface area contributed by atoms with Gasteiger partial charge < -0.3 is 25.5 Å². The van der Waals surface area contributed by atoms with Gasteiger partial charge in [0.15, 0.2) is 5.78 Å². The summed E-state index contributed by atoms with van der Waals surface area (Å²) in [5, 5.41) is 39.3. The van der Waals surface area contributed by atoms with Gasteiger partial charge in [-0.2, -0.15) is 0 Å². The van der Waals surface area contributed by atoms with E-state index in [4.69, 9.17) is 30.3 Å². The fraction of sp³-hybridized carbons (Fsp3) is 0.667. The molecule has 7 heteroatoms. The average molecular weight is 196 g/mol. The maximum atomic E-state index is 10.2. The lowest BCUT2D eigenvalue weighted by molar-refractivity contribution is -0.132. The highest BCUT2D eigenvalue weighted by molar-refractivity contribution is 5.80. The van der Waals surface area contributed by atoms with Crippen molar-refractivity contribution < 1.29 is 35.1 Å². The van der Waals surface area contributed by atoms with Gasteiger partial charge in [-0.15, -0.1) is 0 Å². The summed E-state index contributed by atoms with van der Waals surface area (Å²) in [6.07, 6.45) is -4.63. The lowest BCUT2D eigenvalue weighted by Gasteiger charge is -2.10. The number of hydrogen-bond donors (Lipinski definition) is 5. The summed E-state index contributed by atoms with van der Waals surface area (Å²) in [7, 11) is 0. The maximum absolute atomic E-state index is 10.2. The van der Waals surface area contributed by atoms with Crippen molar-refractivity contribution >= 4 is 11.9 Å². The van der Waals surface area contributed by atoms with E-state index in [0.29, 0.717) is 0 Å². The number of aliphatic hydroxyl groups excluding tert-OH is 3. The van der Waals surface area contributed by atoms with Crippen molar-refractivity contribution in [1.29, 1.82) is 0 Å². The predicted octanol–water partition coefficient (Wildman–Crippen LogP) is -1.49. The number of carboxylic acid groups (broad SMARTS) is 2. The zero-order valence-corrected chi connectivity index (χ0v) is 6.91. The summed E-state index contributed by atoms with van der Waals surface area (Å²) in [6, 6.07) is 0. The monoisotopic (exact) mass is 196 g/mol. The summed E-state index contributed by atoms with van der Waals surface area (Å²) in [4.78, 5) is 18.8. The largest absolute Gasteiger partial charge is 0.503 e. The van der Waals surface area contributed by atoms with Crippen LogP contribution in [0.1, 0.15) is 6.92 Å². The van der Waals surface area contributed by atoms with Crippen molar-refractivity contribution in [3.8, 4) is 0 Å². The van der Waals surface area contributed by atoms with E-state index < -0.39 is 30.8 Å². The smallest absolute Gasteiger partial charge is 0.450 e. The highest BCUT2D eigenvalue weighted by Gasteiger charge is 2.18. The topological polar surface area (TPSA) is 135 Å². The third kappa shape index (κ3) is 10.8. The SMILES string of the molecule is CC(=O)C(O)C(O)CO.O=C(O)O. The van der Waals surface area contributed by atoms with Gasteiger partial charge in [0.25, 0.3) is 0 Å². The molecule has 0 aromatic heterocycles. The number of hydrogen-bond acceptors (Lipinski definition) is 5. The van der Waals surface area contributed by atoms with Crippen LogP contribution in [0.15, 0.2) is 0 Å². The molecule has 0 rings (SSSR count). The number of carbonyl (C=O) groups excluding carboxylic acids is 1. The van der Waals surface area contributed by atoms with Gasteiger partial charge in [0.05, 0.1) is 6.61 Å². The molecule has 0 saturated heterocycles. The fourth-order valence-corrected chi connectivity index (χ4v) is 0.371. The lowest BCUT2D eigenvalue weighted by atomic mass is 10.1. The van der Waals surface area contributed by atoms with E-state index in [1.807, 2.05) is 0 Å². The van der Waals surface area contributed by atoms with Crippen molar-refractivity contribution in [3.05, 3.63) is 0 Å². The Morgan fingerprint density at radius 3 is 1.62 bits per heavy atom. The van der Waals surface area contributed by atoms with Gasteiger partial charge in [0, 0.05) is 0 Å². The van der Waals surface area contributed by atoms with Crippen LogP contribution in [0, 0.1) is 0 Å². The molecule has 0 aromatic rings. The van der Waals surface area contributed by atoms with Crippen molar-refractivity contribution in [2.45, 2.75) is 19.1 Å². The molecular weight excluding hydrogens is 184 g/mol. The highest BCUT2D eigenvalue weighted by Crippen LogP contribution is 1.92. The molecule has 0 aromatic carbocycles. The van der Waals surface area contributed by atoms with E-state index in [1.165, 1.54) is 0 Å². The van der Waals surface area contributed by atoms with E-state index in [2.05, 4.69) is 0 Å². The molecule has 13 heavy (non-hydrogen) atoms. The Bertz CT molecular complexity index is 162. The van der Waals surface area contributed by atoms with Crippen LogP contribution < -0.4 is 0 Å². The number of aliphatic hydroxyl groups is 3. The fourth-order valence-electron chi connectivity index (χ4n) is 0.371. The third-order valence-electron chi connectivity index (χ3n) is 0.968. The van der Waals surface area contributed by atoms with Gasteiger partial charge in [-0.25, -0.2) is 4.79 Å². The van der Waals surface area contributed by atoms with Gasteiger partial charge in [-0.3, -0.25) is 4.79 Å². The van der Waals surface area contributed by atoms with Crippen LogP contribution in [0.5, 0.6) is 0 Å². The summed E-state index contributed by atoms with van der Waals surface area (Å²) in [5.41, 5.74) is 0. The van der Waals surface area contributed by atoms with Crippen LogP contribution in [-0.2, 0) is 4.79 Å². The quantitative estimate of drug-likeness (QED) is 0.371. The second-order valence-corrected chi connectivity index (χ2v) is 2.09. The van der Waals surface area contributed by atoms with Crippen molar-refractivity contribution in [3.63, 3.8) is 0 Å². The van der Waals surface area contributed by atoms with Gasteiger partial charge in [0.1, 0.15) is 12.2 Å². The predicted molar refractivity (Wildman–Crippen MR) is 40.4 cm³/mol. The van der Waals surface area contributed by atoms with Crippen LogP contribution >= 0.6 is 0 Å². The Labute approximate surface area is 73.9 Å². The molecular formula is C6H12O7. The molecule has 0 radical (unpaired) electrons. The van der Waals surface area contributed by atoms with Crippen LogP contribution in [0.25, 0.3) is 0 Å². The standard InChI is InChI=1S/C5H10O4.CH2O3/c1-3(7)5(9)4(8)2-6;2-1(3)4/h4-6,8-9H,2H2,1H3;(H2,2,3,4). The molecule has 0 fully saturated rings. The van der Waals surface area contributed by atoms with E-state index in [0.717, 1.165) is 6.92 Å². The number of rotatable bonds is 3. The summed E-state index contributed by atoms with van der Waals surface area (Å²) >= 11 is 0. The third-order valence-corrected chi connectivity index (χ3v) is 0.968. The van der Waals surface area contributed by atoms with Gasteiger partial charge in [-0.1, -0.05) is 0 Å². The number of ketones is 1. The molecule has 0 bridgehead atoms. The molecule has 5 N–H and O–H groups in total. The molecule has 0 aliphatic heterocycles. The Morgan fingerprint density at radius 1 is 1.23 bits per heavy atom. The minimum Gasteiger partial charge on any atom is -0.450 e. The maximum Gasteiger partial charge on any atom is 0.503 e. The van der Waals surface area contributed by atoms with E-state index in [-0.39, 0.29) is 0 Å². The van der Waals surface area contributed by atoms with Crippen LogP contribution in [0.2, 0.25) is 0 Å². The van der Waals surface area contributed by atoms with Gasteiger partial charge in [-0.05, 0) is 6.92 Å². The minimum atomic E-state index is -1.83. The van der Waals surface area contributed by atoms with E-state index in [9.17, 15) is 4.79 Å². The molecule has 78 valence electrons. The number of carbonyl (C=O) groups is 2. The first kappa shape index (κ1) is 14.3. The summed E-state index contributed by atoms with van der Waals surface area (Å²) < 4.78 is 0. The Hall–Kier alpha value is -1.18. The molecule has 7 nitrogen and oxygen atoms in total.